The van der Waals surface area contributed by atoms with Crippen molar-refractivity contribution >= 4 is 23.6 Å². The summed E-state index contributed by atoms with van der Waals surface area (Å²) in [5, 5.41) is 23.3. The van der Waals surface area contributed by atoms with E-state index in [0.29, 0.717) is 30.1 Å². The number of hydrogen-bond acceptors (Lipinski definition) is 8. The molecule has 1 aliphatic carbocycles. The first kappa shape index (κ1) is 38.6. The lowest BCUT2D eigenvalue weighted by Gasteiger charge is -2.34. The Hall–Kier alpha value is -3.84. The SMILES string of the molecule is CC[C@H](C)[C@H](NC(=O)[C@@H](C[C@H](O)[C@H](CC1CCCCC1)NC(=O)[C@H](Cc1cnc[nH]1)NC(=O)CN)C(C)C)C(=O)NCc1ccccn1. The summed E-state index contributed by atoms with van der Waals surface area (Å²) in [6.07, 6.45) is 10.5. The number of hydrogen-bond donors (Lipinski definition) is 7. The van der Waals surface area contributed by atoms with Gasteiger partial charge in [-0.2, -0.15) is 0 Å². The molecule has 1 fully saturated rings. The quantitative estimate of drug-likeness (QED) is 0.118. The largest absolute Gasteiger partial charge is 0.391 e. The van der Waals surface area contributed by atoms with E-state index in [1.807, 2.05) is 39.8 Å². The molecule has 0 spiro atoms. The van der Waals surface area contributed by atoms with Crippen LogP contribution in [0, 0.1) is 23.7 Å². The molecule has 1 aliphatic rings. The second-order valence-corrected chi connectivity index (χ2v) is 13.5. The van der Waals surface area contributed by atoms with Gasteiger partial charge in [0, 0.05) is 30.4 Å². The molecule has 2 aromatic rings. The molecule has 0 radical (unpaired) electrons. The van der Waals surface area contributed by atoms with Crippen LogP contribution >= 0.6 is 0 Å². The number of aliphatic hydroxyl groups is 1. The molecular formula is C35H56N8O5. The van der Waals surface area contributed by atoms with E-state index in [2.05, 4.69) is 36.2 Å². The summed E-state index contributed by atoms with van der Waals surface area (Å²) < 4.78 is 0. The van der Waals surface area contributed by atoms with Crippen molar-refractivity contribution in [1.29, 1.82) is 0 Å². The second-order valence-electron chi connectivity index (χ2n) is 13.5. The molecule has 0 saturated heterocycles. The zero-order chi connectivity index (χ0) is 35.1. The molecule has 0 unspecified atom stereocenters. The monoisotopic (exact) mass is 668 g/mol. The minimum absolute atomic E-state index is 0.0876. The zero-order valence-corrected chi connectivity index (χ0v) is 28.9. The van der Waals surface area contributed by atoms with E-state index < -0.39 is 42.0 Å². The maximum atomic E-state index is 13.8. The number of nitrogens with one attached hydrogen (secondary N) is 5. The number of carbonyl (C=O) groups is 4. The van der Waals surface area contributed by atoms with E-state index in [4.69, 9.17) is 5.73 Å². The number of aromatic nitrogens is 3. The van der Waals surface area contributed by atoms with Crippen molar-refractivity contribution in [2.75, 3.05) is 6.54 Å². The number of nitrogens with two attached hydrogens (primary N) is 1. The average molecular weight is 669 g/mol. The molecule has 0 bridgehead atoms. The highest BCUT2D eigenvalue weighted by Crippen LogP contribution is 2.30. The summed E-state index contributed by atoms with van der Waals surface area (Å²) in [5.74, 6) is -2.14. The van der Waals surface area contributed by atoms with E-state index in [1.165, 1.54) is 6.33 Å². The summed E-state index contributed by atoms with van der Waals surface area (Å²) in [6.45, 7) is 7.67. The first-order valence-corrected chi connectivity index (χ1v) is 17.4. The Morgan fingerprint density at radius 2 is 1.77 bits per heavy atom. The lowest BCUT2D eigenvalue weighted by Crippen LogP contribution is -2.55. The minimum Gasteiger partial charge on any atom is -0.391 e. The summed E-state index contributed by atoms with van der Waals surface area (Å²) in [4.78, 5) is 64.3. The van der Waals surface area contributed by atoms with Crippen molar-refractivity contribution in [3.63, 3.8) is 0 Å². The molecule has 0 aromatic carbocycles. The molecule has 6 atom stereocenters. The van der Waals surface area contributed by atoms with E-state index >= 15 is 0 Å². The highest BCUT2D eigenvalue weighted by molar-refractivity contribution is 5.89. The van der Waals surface area contributed by atoms with Gasteiger partial charge in [0.25, 0.3) is 0 Å². The van der Waals surface area contributed by atoms with Gasteiger partial charge in [-0.15, -0.1) is 0 Å². The van der Waals surface area contributed by atoms with Crippen molar-refractivity contribution in [3.05, 3.63) is 48.3 Å². The predicted octanol–water partition coefficient (Wildman–Crippen LogP) is 2.12. The van der Waals surface area contributed by atoms with E-state index in [9.17, 15) is 24.3 Å². The molecule has 13 heteroatoms. The fraction of sp³-hybridized carbons (Fsp3) is 0.657. The first-order valence-electron chi connectivity index (χ1n) is 17.4. The molecule has 2 aromatic heterocycles. The van der Waals surface area contributed by atoms with Crippen molar-refractivity contribution in [3.8, 4) is 0 Å². The normalized spacial score (nSPS) is 17.4. The van der Waals surface area contributed by atoms with Crippen molar-refractivity contribution in [2.45, 2.75) is 116 Å². The number of H-pyrrole nitrogens is 1. The van der Waals surface area contributed by atoms with Crippen LogP contribution in [0.4, 0.5) is 0 Å². The van der Waals surface area contributed by atoms with Crippen LogP contribution in [0.5, 0.6) is 0 Å². The van der Waals surface area contributed by atoms with Gasteiger partial charge in [0.1, 0.15) is 12.1 Å². The third-order valence-corrected chi connectivity index (χ3v) is 9.52. The lowest BCUT2D eigenvalue weighted by atomic mass is 9.81. The van der Waals surface area contributed by atoms with Crippen LogP contribution in [0.15, 0.2) is 36.9 Å². The van der Waals surface area contributed by atoms with E-state index in [1.54, 1.807) is 18.5 Å². The van der Waals surface area contributed by atoms with Crippen molar-refractivity contribution < 1.29 is 24.3 Å². The van der Waals surface area contributed by atoms with Crippen LogP contribution in [0.25, 0.3) is 0 Å². The van der Waals surface area contributed by atoms with Gasteiger partial charge in [-0.1, -0.05) is 72.3 Å². The van der Waals surface area contributed by atoms with Gasteiger partial charge >= 0.3 is 0 Å². The number of pyridine rings is 1. The van der Waals surface area contributed by atoms with Crippen LogP contribution in [0.3, 0.4) is 0 Å². The Balaban J connectivity index is 1.76. The molecule has 266 valence electrons. The zero-order valence-electron chi connectivity index (χ0n) is 28.9. The Bertz CT molecular complexity index is 1270. The average Bonchev–Trinajstić information content (AvgIpc) is 3.61. The Morgan fingerprint density at radius 3 is 2.38 bits per heavy atom. The number of aliphatic hydroxyl groups excluding tert-OH is 1. The van der Waals surface area contributed by atoms with Gasteiger partial charge in [-0.25, -0.2) is 4.98 Å². The van der Waals surface area contributed by atoms with Gasteiger partial charge in [0.15, 0.2) is 0 Å². The van der Waals surface area contributed by atoms with Crippen LogP contribution in [-0.2, 0) is 32.1 Å². The van der Waals surface area contributed by atoms with Gasteiger partial charge in [-0.3, -0.25) is 24.2 Å². The minimum atomic E-state index is -1.05. The predicted molar refractivity (Wildman–Crippen MR) is 183 cm³/mol. The number of rotatable bonds is 19. The summed E-state index contributed by atoms with van der Waals surface area (Å²) in [7, 11) is 0. The van der Waals surface area contributed by atoms with Crippen molar-refractivity contribution in [2.24, 2.45) is 29.4 Å². The molecule has 0 aliphatic heterocycles. The molecule has 48 heavy (non-hydrogen) atoms. The van der Waals surface area contributed by atoms with Gasteiger partial charge in [-0.05, 0) is 42.7 Å². The number of carbonyl (C=O) groups excluding carboxylic acids is 4. The highest BCUT2D eigenvalue weighted by atomic mass is 16.3. The second kappa shape index (κ2) is 19.9. The van der Waals surface area contributed by atoms with Crippen LogP contribution in [0.1, 0.15) is 90.4 Å². The third kappa shape index (κ3) is 12.3. The molecule has 13 nitrogen and oxygen atoms in total. The summed E-state index contributed by atoms with van der Waals surface area (Å²) >= 11 is 0. The smallest absolute Gasteiger partial charge is 0.243 e. The Labute approximate surface area is 284 Å². The standard InChI is InChI=1S/C35H56N8O5/c1-5-23(4)32(35(48)39-20-25-13-9-10-14-38-25)43-33(46)27(22(2)3)17-30(44)28(15-24-11-7-6-8-12-24)42-34(47)29(41-31(45)18-36)16-26-19-37-21-40-26/h9-10,13-14,19,21-24,27-30,32,44H,5-8,11-12,15-18,20,36H2,1-4H3,(H,37,40)(H,39,48)(H,41,45)(H,42,47)(H,43,46)/t23-,27-,28-,29-,30-,32-/m0/s1. The fourth-order valence-electron chi connectivity index (χ4n) is 6.32. The van der Waals surface area contributed by atoms with Gasteiger partial charge in [0.05, 0.1) is 37.3 Å². The van der Waals surface area contributed by atoms with Crippen molar-refractivity contribution in [1.82, 2.24) is 36.2 Å². The van der Waals surface area contributed by atoms with E-state index in [-0.39, 0.29) is 49.6 Å². The maximum Gasteiger partial charge on any atom is 0.243 e. The lowest BCUT2D eigenvalue weighted by molar-refractivity contribution is -0.134. The van der Waals surface area contributed by atoms with Crippen LogP contribution in [-0.4, -0.2) is 74.5 Å². The highest BCUT2D eigenvalue weighted by Gasteiger charge is 2.35. The third-order valence-electron chi connectivity index (χ3n) is 9.52. The Kier molecular flexibility index (Phi) is 16.0. The molecular weight excluding hydrogens is 612 g/mol. The topological polar surface area (TPSA) is 204 Å². The molecule has 4 amide bonds. The van der Waals surface area contributed by atoms with Gasteiger partial charge in [0.2, 0.25) is 23.6 Å². The molecule has 2 heterocycles. The summed E-state index contributed by atoms with van der Waals surface area (Å²) in [5.41, 5.74) is 6.91. The number of nitrogens with zero attached hydrogens (tertiary/aromatic N) is 2. The van der Waals surface area contributed by atoms with E-state index in [0.717, 1.165) is 32.1 Å². The fourth-order valence-corrected chi connectivity index (χ4v) is 6.32. The molecule has 8 N–H and O–H groups in total. The first-order chi connectivity index (χ1) is 23.0. The molecule has 3 rings (SSSR count). The van der Waals surface area contributed by atoms with Gasteiger partial charge < -0.3 is 37.1 Å². The maximum absolute atomic E-state index is 13.8. The number of amides is 4. The Morgan fingerprint density at radius 1 is 1.02 bits per heavy atom. The van der Waals surface area contributed by atoms with Crippen LogP contribution < -0.4 is 27.0 Å². The number of aromatic amines is 1. The summed E-state index contributed by atoms with van der Waals surface area (Å²) in [6, 6.07) is 3.12. The molecule has 1 saturated carbocycles. The van der Waals surface area contributed by atoms with Crippen LogP contribution in [0.2, 0.25) is 0 Å². The number of imidazole rings is 1.